The lowest BCUT2D eigenvalue weighted by molar-refractivity contribution is 0.575. The third-order valence-corrected chi connectivity index (χ3v) is 5.62. The lowest BCUT2D eigenvalue weighted by Crippen LogP contribution is -2.13. The van der Waals surface area contributed by atoms with Gasteiger partial charge in [-0.25, -0.2) is 0 Å². The molecule has 0 aromatic heterocycles. The molecule has 2 rings (SSSR count). The molecule has 0 heterocycles. The lowest BCUT2D eigenvalue weighted by atomic mass is 9.80. The minimum Gasteiger partial charge on any atom is -0.0912 e. The molecule has 2 heteroatoms. The van der Waals surface area contributed by atoms with E-state index >= 15 is 0 Å². The second-order valence-electron chi connectivity index (χ2n) is 5.32. The van der Waals surface area contributed by atoms with Gasteiger partial charge in [-0.05, 0) is 103 Å². The van der Waals surface area contributed by atoms with Crippen molar-refractivity contribution in [3.8, 4) is 0 Å². The zero-order valence-electron chi connectivity index (χ0n) is 11.1. The molecule has 0 N–H and O–H groups in total. The van der Waals surface area contributed by atoms with Crippen LogP contribution in [0.2, 0.25) is 0 Å². The summed E-state index contributed by atoms with van der Waals surface area (Å²) >= 11 is 4.85. The first-order valence-corrected chi connectivity index (χ1v) is 8.37. The first kappa shape index (κ1) is 14.6. The smallest absolute Gasteiger partial charge is 0.0155 e. The van der Waals surface area contributed by atoms with Crippen LogP contribution in [0, 0.1) is 5.41 Å². The summed E-state index contributed by atoms with van der Waals surface area (Å²) in [4.78, 5) is 0. The Morgan fingerprint density at radius 2 is 2.06 bits per heavy atom. The van der Waals surface area contributed by atoms with Gasteiger partial charge in [0.2, 0.25) is 0 Å². The summed E-state index contributed by atoms with van der Waals surface area (Å²) in [5.41, 5.74) is 5.70. The van der Waals surface area contributed by atoms with Crippen molar-refractivity contribution >= 4 is 45.2 Å². The third-order valence-electron chi connectivity index (χ3n) is 3.83. The Kier molecular flexibility index (Phi) is 4.26. The molecular weight excluding hydrogens is 446 g/mol. The zero-order chi connectivity index (χ0) is 13.5. The van der Waals surface area contributed by atoms with Crippen molar-refractivity contribution in [2.24, 2.45) is 5.41 Å². The standard InChI is InChI=1S/C16H18I2/c1-5-11(17)8-14-10(2)13-7-6-12(18)9-15(13)16(14,3)4/h5,8-9H,2,6-7H2,1,3-4H3/b11-5+,14-8+. The van der Waals surface area contributed by atoms with Crippen molar-refractivity contribution in [1.29, 1.82) is 0 Å². The molecule has 0 radical (unpaired) electrons. The fourth-order valence-electron chi connectivity index (χ4n) is 2.74. The minimum atomic E-state index is 0.0999. The molecule has 0 atom stereocenters. The first-order chi connectivity index (χ1) is 8.37. The zero-order valence-corrected chi connectivity index (χ0v) is 15.4. The van der Waals surface area contributed by atoms with E-state index in [2.05, 4.69) is 90.8 Å². The Bertz CT molecular complexity index is 525. The molecule has 0 saturated carbocycles. The summed E-state index contributed by atoms with van der Waals surface area (Å²) in [7, 11) is 0. The summed E-state index contributed by atoms with van der Waals surface area (Å²) in [6.45, 7) is 11.1. The maximum absolute atomic E-state index is 4.34. The summed E-state index contributed by atoms with van der Waals surface area (Å²) in [6, 6.07) is 0. The molecule has 0 amide bonds. The van der Waals surface area contributed by atoms with E-state index in [4.69, 9.17) is 0 Å². The molecular formula is C16H18I2. The molecule has 0 aliphatic heterocycles. The van der Waals surface area contributed by atoms with Crippen LogP contribution in [-0.4, -0.2) is 0 Å². The van der Waals surface area contributed by atoms with E-state index in [0.717, 1.165) is 6.42 Å². The molecule has 0 spiro atoms. The van der Waals surface area contributed by atoms with Gasteiger partial charge in [-0.1, -0.05) is 26.5 Å². The average Bonchev–Trinajstić information content (AvgIpc) is 2.50. The van der Waals surface area contributed by atoms with Crippen molar-refractivity contribution in [3.05, 3.63) is 54.3 Å². The van der Waals surface area contributed by atoms with E-state index in [1.165, 1.54) is 35.9 Å². The van der Waals surface area contributed by atoms with E-state index < -0.39 is 0 Å². The molecule has 0 bridgehead atoms. The Morgan fingerprint density at radius 3 is 2.67 bits per heavy atom. The summed E-state index contributed by atoms with van der Waals surface area (Å²) in [5, 5.41) is 0. The van der Waals surface area contributed by atoms with Crippen LogP contribution in [0.1, 0.15) is 33.6 Å². The van der Waals surface area contributed by atoms with E-state index in [1.54, 1.807) is 0 Å². The number of hydrogen-bond donors (Lipinski definition) is 0. The Morgan fingerprint density at radius 1 is 1.39 bits per heavy atom. The highest BCUT2D eigenvalue weighted by atomic mass is 127. The molecule has 2 aliphatic carbocycles. The van der Waals surface area contributed by atoms with Crippen LogP contribution in [0.3, 0.4) is 0 Å². The van der Waals surface area contributed by atoms with Crippen LogP contribution in [0.25, 0.3) is 0 Å². The topological polar surface area (TPSA) is 0 Å². The van der Waals surface area contributed by atoms with Gasteiger partial charge >= 0.3 is 0 Å². The van der Waals surface area contributed by atoms with E-state index in [9.17, 15) is 0 Å². The normalized spacial score (nSPS) is 25.6. The molecule has 0 aromatic rings. The fraction of sp³-hybridized carbons (Fsp3) is 0.375. The third kappa shape index (κ3) is 2.42. The Balaban J connectivity index is 2.54. The Hall–Kier alpha value is 0.160. The van der Waals surface area contributed by atoms with Gasteiger partial charge in [0.05, 0.1) is 0 Å². The van der Waals surface area contributed by atoms with Crippen LogP contribution >= 0.6 is 45.2 Å². The van der Waals surface area contributed by atoms with Crippen molar-refractivity contribution in [2.75, 3.05) is 0 Å². The van der Waals surface area contributed by atoms with Gasteiger partial charge in [-0.3, -0.25) is 0 Å². The largest absolute Gasteiger partial charge is 0.0912 e. The van der Waals surface area contributed by atoms with Crippen LogP contribution in [0.15, 0.2) is 54.3 Å². The van der Waals surface area contributed by atoms with E-state index in [1.807, 2.05) is 0 Å². The fourth-order valence-corrected chi connectivity index (χ4v) is 3.63. The lowest BCUT2D eigenvalue weighted by Gasteiger charge is -2.24. The van der Waals surface area contributed by atoms with E-state index in [0.29, 0.717) is 0 Å². The van der Waals surface area contributed by atoms with Crippen molar-refractivity contribution < 1.29 is 0 Å². The summed E-state index contributed by atoms with van der Waals surface area (Å²) in [6.07, 6.45) is 9.13. The van der Waals surface area contributed by atoms with Gasteiger partial charge in [0.15, 0.2) is 0 Å². The Labute approximate surface area is 137 Å². The number of rotatable bonds is 1. The van der Waals surface area contributed by atoms with Crippen molar-refractivity contribution in [3.63, 3.8) is 0 Å². The van der Waals surface area contributed by atoms with Gasteiger partial charge in [0.1, 0.15) is 0 Å². The maximum Gasteiger partial charge on any atom is 0.0155 e. The highest BCUT2D eigenvalue weighted by molar-refractivity contribution is 14.1. The van der Waals surface area contributed by atoms with Gasteiger partial charge in [0.25, 0.3) is 0 Å². The average molecular weight is 464 g/mol. The number of allylic oxidation sites excluding steroid dienone is 9. The van der Waals surface area contributed by atoms with Gasteiger partial charge in [-0.15, -0.1) is 0 Å². The van der Waals surface area contributed by atoms with E-state index in [-0.39, 0.29) is 5.41 Å². The molecule has 0 saturated heterocycles. The van der Waals surface area contributed by atoms with Crippen LogP contribution in [0.5, 0.6) is 0 Å². The molecule has 0 nitrogen and oxygen atoms in total. The highest BCUT2D eigenvalue weighted by Gasteiger charge is 2.39. The summed E-state index contributed by atoms with van der Waals surface area (Å²) in [5.74, 6) is 0. The predicted octanol–water partition coefficient (Wildman–Crippen LogP) is 6.26. The number of hydrogen-bond acceptors (Lipinski definition) is 0. The maximum atomic E-state index is 4.34. The monoisotopic (exact) mass is 464 g/mol. The number of halogens is 2. The molecule has 0 fully saturated rings. The molecule has 18 heavy (non-hydrogen) atoms. The SMILES string of the molecule is C=C1C2=C(C=C(I)CC2)C(C)(C)/C1=C/C(I)=C\C. The summed E-state index contributed by atoms with van der Waals surface area (Å²) < 4.78 is 2.75. The van der Waals surface area contributed by atoms with Crippen LogP contribution < -0.4 is 0 Å². The molecule has 0 aromatic carbocycles. The quantitative estimate of drug-likeness (QED) is 0.403. The minimum absolute atomic E-state index is 0.0999. The first-order valence-electron chi connectivity index (χ1n) is 6.21. The van der Waals surface area contributed by atoms with Crippen molar-refractivity contribution in [2.45, 2.75) is 33.6 Å². The highest BCUT2D eigenvalue weighted by Crippen LogP contribution is 2.54. The van der Waals surface area contributed by atoms with Gasteiger partial charge in [-0.2, -0.15) is 0 Å². The second-order valence-corrected chi connectivity index (χ2v) is 7.95. The predicted molar refractivity (Wildman–Crippen MR) is 97.1 cm³/mol. The van der Waals surface area contributed by atoms with Crippen molar-refractivity contribution in [1.82, 2.24) is 0 Å². The van der Waals surface area contributed by atoms with Gasteiger partial charge < -0.3 is 0 Å². The second kappa shape index (κ2) is 5.27. The van der Waals surface area contributed by atoms with Crippen LogP contribution in [-0.2, 0) is 0 Å². The van der Waals surface area contributed by atoms with Gasteiger partial charge in [0, 0.05) is 8.99 Å². The molecule has 96 valence electrons. The van der Waals surface area contributed by atoms with Crippen LogP contribution in [0.4, 0.5) is 0 Å². The molecule has 2 aliphatic rings. The molecule has 0 unspecified atom stereocenters.